The first-order valence-electron chi connectivity index (χ1n) is 21.2. The van der Waals surface area contributed by atoms with Gasteiger partial charge in [-0.2, -0.15) is 0 Å². The zero-order valence-corrected chi connectivity index (χ0v) is 34.1. The summed E-state index contributed by atoms with van der Waals surface area (Å²) in [6.45, 7) is 4.73. The molecule has 0 unspecified atom stereocenters. The van der Waals surface area contributed by atoms with E-state index in [4.69, 9.17) is 4.42 Å². The molecule has 0 atom stereocenters. The highest BCUT2D eigenvalue weighted by molar-refractivity contribution is 6.28. The molecule has 0 fully saturated rings. The first-order chi connectivity index (χ1) is 30.0. The van der Waals surface area contributed by atoms with Crippen LogP contribution in [0.3, 0.4) is 0 Å². The predicted octanol–water partition coefficient (Wildman–Crippen LogP) is 16.7. The molecule has 0 bridgehead atoms. The van der Waals surface area contributed by atoms with E-state index in [2.05, 4.69) is 231 Å². The van der Waals surface area contributed by atoms with E-state index in [1.807, 2.05) is 0 Å². The van der Waals surface area contributed by atoms with Crippen molar-refractivity contribution in [3.05, 3.63) is 223 Å². The van der Waals surface area contributed by atoms with Crippen LogP contribution in [0.5, 0.6) is 0 Å². The van der Waals surface area contributed by atoms with E-state index in [9.17, 15) is 0 Å². The maximum Gasteiger partial charge on any atom is 0.143 e. The largest absolute Gasteiger partial charge is 0.455 e. The van der Waals surface area contributed by atoms with Crippen LogP contribution >= 0.6 is 0 Å². The minimum Gasteiger partial charge on any atom is -0.455 e. The molecular weight excluding hydrogens is 739 g/mol. The molecule has 2 nitrogen and oxygen atoms in total. The van der Waals surface area contributed by atoms with Gasteiger partial charge in [0.05, 0.1) is 0 Å². The van der Waals surface area contributed by atoms with Gasteiger partial charge in [0.25, 0.3) is 0 Å². The van der Waals surface area contributed by atoms with Crippen molar-refractivity contribution in [2.45, 2.75) is 19.3 Å². The van der Waals surface area contributed by atoms with E-state index < -0.39 is 0 Å². The number of hydrogen-bond donors (Lipinski definition) is 0. The van der Waals surface area contributed by atoms with Gasteiger partial charge < -0.3 is 9.32 Å². The topological polar surface area (TPSA) is 16.4 Å². The fourth-order valence-electron chi connectivity index (χ4n) is 9.95. The second-order valence-electron chi connectivity index (χ2n) is 16.9. The molecule has 1 aliphatic carbocycles. The van der Waals surface area contributed by atoms with Crippen molar-refractivity contribution in [3.63, 3.8) is 0 Å². The van der Waals surface area contributed by atoms with Crippen molar-refractivity contribution in [2.24, 2.45) is 0 Å². The molecule has 288 valence electrons. The summed E-state index contributed by atoms with van der Waals surface area (Å²) < 4.78 is 6.75. The highest BCUT2D eigenvalue weighted by Gasteiger charge is 2.36. The van der Waals surface area contributed by atoms with Crippen LogP contribution in [0.15, 0.2) is 217 Å². The first kappa shape index (κ1) is 35.3. The average Bonchev–Trinajstić information content (AvgIpc) is 3.82. The predicted molar refractivity (Wildman–Crippen MR) is 257 cm³/mol. The van der Waals surface area contributed by atoms with Gasteiger partial charge in [-0.1, -0.05) is 172 Å². The summed E-state index contributed by atoms with van der Waals surface area (Å²) >= 11 is 0. The zero-order chi connectivity index (χ0) is 40.7. The van der Waals surface area contributed by atoms with Crippen LogP contribution in [0, 0.1) is 0 Å². The van der Waals surface area contributed by atoms with Gasteiger partial charge in [0, 0.05) is 38.8 Å². The molecule has 0 aliphatic heterocycles. The average molecular weight is 780 g/mol. The van der Waals surface area contributed by atoms with Gasteiger partial charge >= 0.3 is 0 Å². The highest BCUT2D eigenvalue weighted by Crippen LogP contribution is 2.52. The van der Waals surface area contributed by atoms with Gasteiger partial charge in [0.15, 0.2) is 0 Å². The van der Waals surface area contributed by atoms with Crippen molar-refractivity contribution in [1.29, 1.82) is 0 Å². The van der Waals surface area contributed by atoms with Gasteiger partial charge in [0.2, 0.25) is 0 Å². The van der Waals surface area contributed by atoms with Gasteiger partial charge in [0.1, 0.15) is 11.2 Å². The summed E-state index contributed by atoms with van der Waals surface area (Å²) in [5.74, 6) is 0. The Hall–Kier alpha value is -7.68. The molecule has 0 N–H and O–H groups in total. The second kappa shape index (κ2) is 13.7. The third-order valence-corrected chi connectivity index (χ3v) is 13.0. The zero-order valence-electron chi connectivity index (χ0n) is 34.1. The van der Waals surface area contributed by atoms with Gasteiger partial charge in [-0.05, 0) is 126 Å². The molecule has 0 amide bonds. The normalized spacial score (nSPS) is 12.9. The number of rotatable bonds is 6. The Bertz CT molecular complexity index is 3470. The quantitative estimate of drug-likeness (QED) is 0.167. The molecule has 10 aromatic carbocycles. The van der Waals surface area contributed by atoms with Gasteiger partial charge in [-0.25, -0.2) is 0 Å². The number of nitrogens with zero attached hydrogens (tertiary/aromatic N) is 1. The molecule has 1 aromatic heterocycles. The molecule has 0 saturated carbocycles. The summed E-state index contributed by atoms with van der Waals surface area (Å²) in [6.07, 6.45) is 0. The van der Waals surface area contributed by atoms with E-state index in [1.54, 1.807) is 0 Å². The van der Waals surface area contributed by atoms with E-state index in [0.29, 0.717) is 0 Å². The van der Waals surface area contributed by atoms with Crippen molar-refractivity contribution in [2.75, 3.05) is 4.90 Å². The number of para-hydroxylation sites is 1. The molecule has 0 saturated heterocycles. The molecule has 61 heavy (non-hydrogen) atoms. The van der Waals surface area contributed by atoms with E-state index >= 15 is 0 Å². The Kier molecular flexibility index (Phi) is 7.92. The molecular formula is C59H41NO. The summed E-state index contributed by atoms with van der Waals surface area (Å²) in [7, 11) is 0. The number of benzene rings is 10. The molecule has 0 spiro atoms. The smallest absolute Gasteiger partial charge is 0.143 e. The summed E-state index contributed by atoms with van der Waals surface area (Å²) in [5.41, 5.74) is 17.5. The van der Waals surface area contributed by atoms with Crippen molar-refractivity contribution in [3.8, 4) is 44.5 Å². The standard InChI is InChI=1S/C59H41NO/c1-59(2)53-36-43(38-13-5-3-6-14-38)27-32-50(53)51-33-31-47(37-54(51)59)60(45-17-7-4-8-18-45)46-29-25-40(26-30-46)39-21-23-42(24-22-39)52-35-44-16-10-12-20-49(44)57-56-48-19-11-9-15-41(48)28-34-55(56)61-58(52)57/h3-37H,1-2H3. The maximum absolute atomic E-state index is 6.75. The number of hydrogen-bond acceptors (Lipinski definition) is 2. The van der Waals surface area contributed by atoms with Gasteiger partial charge in [-0.15, -0.1) is 0 Å². The molecule has 2 heteroatoms. The van der Waals surface area contributed by atoms with Crippen LogP contribution in [-0.2, 0) is 5.41 Å². The molecule has 0 radical (unpaired) electrons. The number of furan rings is 1. The lowest BCUT2D eigenvalue weighted by Gasteiger charge is -2.28. The van der Waals surface area contributed by atoms with Crippen LogP contribution < -0.4 is 4.90 Å². The number of anilines is 3. The van der Waals surface area contributed by atoms with Crippen molar-refractivity contribution >= 4 is 60.5 Å². The minimum atomic E-state index is -0.152. The van der Waals surface area contributed by atoms with Crippen LogP contribution in [-0.4, -0.2) is 0 Å². The highest BCUT2D eigenvalue weighted by atomic mass is 16.3. The molecule has 12 rings (SSSR count). The molecule has 1 heterocycles. The summed E-state index contributed by atoms with van der Waals surface area (Å²) in [5, 5.41) is 7.21. The van der Waals surface area contributed by atoms with Gasteiger partial charge in [-0.3, -0.25) is 0 Å². The maximum atomic E-state index is 6.75. The minimum absolute atomic E-state index is 0.152. The number of fused-ring (bicyclic) bond motifs is 10. The van der Waals surface area contributed by atoms with Crippen molar-refractivity contribution < 1.29 is 4.42 Å². The van der Waals surface area contributed by atoms with Crippen LogP contribution in [0.25, 0.3) is 88.0 Å². The fraction of sp³-hybridized carbons (Fsp3) is 0.0508. The Balaban J connectivity index is 0.897. The second-order valence-corrected chi connectivity index (χ2v) is 16.9. The molecule has 1 aliphatic rings. The van der Waals surface area contributed by atoms with E-state index in [-0.39, 0.29) is 5.41 Å². The lowest BCUT2D eigenvalue weighted by atomic mass is 9.81. The van der Waals surface area contributed by atoms with E-state index in [1.165, 1.54) is 76.8 Å². The van der Waals surface area contributed by atoms with Crippen molar-refractivity contribution in [1.82, 2.24) is 0 Å². The SMILES string of the molecule is CC1(C)c2cc(-c3ccccc3)ccc2-c2ccc(N(c3ccccc3)c3ccc(-c4ccc(-c5cc6ccccc6c6c5oc5ccc7ccccc7c56)cc4)cc3)cc21. The lowest BCUT2D eigenvalue weighted by Crippen LogP contribution is -2.16. The Morgan fingerprint density at radius 2 is 0.885 bits per heavy atom. The lowest BCUT2D eigenvalue weighted by molar-refractivity contribution is 0.660. The van der Waals surface area contributed by atoms with Crippen LogP contribution in [0.4, 0.5) is 17.1 Å². The first-order valence-corrected chi connectivity index (χ1v) is 21.2. The summed E-state index contributed by atoms with van der Waals surface area (Å²) in [4.78, 5) is 2.38. The third kappa shape index (κ3) is 5.64. The van der Waals surface area contributed by atoms with Crippen LogP contribution in [0.1, 0.15) is 25.0 Å². The molecule has 11 aromatic rings. The van der Waals surface area contributed by atoms with Crippen LogP contribution in [0.2, 0.25) is 0 Å². The Morgan fingerprint density at radius 3 is 1.62 bits per heavy atom. The summed E-state index contributed by atoms with van der Waals surface area (Å²) in [6, 6.07) is 77.2. The third-order valence-electron chi connectivity index (χ3n) is 13.0. The Labute approximate surface area is 355 Å². The fourth-order valence-corrected chi connectivity index (χ4v) is 9.95. The Morgan fingerprint density at radius 1 is 0.361 bits per heavy atom. The monoisotopic (exact) mass is 779 g/mol. The van der Waals surface area contributed by atoms with E-state index in [0.717, 1.165) is 39.4 Å².